The van der Waals surface area contributed by atoms with Gasteiger partial charge in [0.05, 0.1) is 17.8 Å². The van der Waals surface area contributed by atoms with Crippen LogP contribution in [0, 0.1) is 11.8 Å². The Bertz CT molecular complexity index is 1650. The van der Waals surface area contributed by atoms with Crippen molar-refractivity contribution in [1.29, 1.82) is 0 Å². The summed E-state index contributed by atoms with van der Waals surface area (Å²) < 4.78 is 6.62. The van der Waals surface area contributed by atoms with Gasteiger partial charge in [0, 0.05) is 36.3 Å². The highest BCUT2D eigenvalue weighted by molar-refractivity contribution is 5.96. The molecule has 6 rings (SSSR count). The smallest absolute Gasteiger partial charge is 0.330 e. The Morgan fingerprint density at radius 1 is 1.07 bits per heavy atom. The van der Waals surface area contributed by atoms with Crippen LogP contribution < -0.4 is 15.4 Å². The Morgan fingerprint density at radius 3 is 2.46 bits per heavy atom. The number of nitrogens with one attached hydrogen (secondary N) is 2. The first-order valence-corrected chi connectivity index (χ1v) is 16.1. The summed E-state index contributed by atoms with van der Waals surface area (Å²) in [7, 11) is 0. The summed E-state index contributed by atoms with van der Waals surface area (Å²) in [5, 5.41) is 16.4. The zero-order valence-corrected chi connectivity index (χ0v) is 26.0. The number of hydrogen-bond acceptors (Lipinski definition) is 6. The standard InChI is InChI=1S/C36H40N4O6/c1-3-25-20-36(25,35(44)45)39-33(42)30-18-26(21-40(30)34(43)32(37-22(2)41)24-14-8-5-9-15-24)46-31-19-29(23-12-6-4-7-13-23)38-28-17-11-10-16-27(28)31/h3-4,6-7,10-13,16-17,19,24-26,30,32H,1,5,8-9,14-15,18,20-21H2,2H3,(H,37,41)(H,39,42)(H,44,45)/t25-,26+,30-,32-,36?/m0/s1. The Labute approximate surface area is 268 Å². The molecule has 1 saturated heterocycles. The van der Waals surface area contributed by atoms with Gasteiger partial charge in [-0.2, -0.15) is 0 Å². The molecule has 0 bridgehead atoms. The number of para-hydroxylation sites is 1. The highest BCUT2D eigenvalue weighted by Gasteiger charge is 2.61. The number of carbonyl (C=O) groups is 4. The number of hydrogen-bond donors (Lipinski definition) is 3. The second kappa shape index (κ2) is 12.9. The lowest BCUT2D eigenvalue weighted by Crippen LogP contribution is -2.57. The highest BCUT2D eigenvalue weighted by Crippen LogP contribution is 2.45. The van der Waals surface area contributed by atoms with E-state index in [1.807, 2.05) is 60.7 Å². The quantitative estimate of drug-likeness (QED) is 0.283. The average Bonchev–Trinajstić information content (AvgIpc) is 3.63. The topological polar surface area (TPSA) is 138 Å². The summed E-state index contributed by atoms with van der Waals surface area (Å²) in [6, 6.07) is 17.5. The van der Waals surface area contributed by atoms with Crippen molar-refractivity contribution in [2.45, 2.75) is 75.6 Å². The van der Waals surface area contributed by atoms with Crippen molar-refractivity contribution in [3.63, 3.8) is 0 Å². The Hall–Kier alpha value is -4.73. The molecule has 2 heterocycles. The molecule has 5 atom stereocenters. The summed E-state index contributed by atoms with van der Waals surface area (Å²) in [6.07, 6.45) is 5.96. The number of carboxylic acids is 1. The van der Waals surface area contributed by atoms with Crippen molar-refractivity contribution in [3.8, 4) is 17.0 Å². The minimum absolute atomic E-state index is 0.0506. The van der Waals surface area contributed by atoms with E-state index in [4.69, 9.17) is 9.72 Å². The third kappa shape index (κ3) is 6.21. The molecule has 3 aliphatic rings. The van der Waals surface area contributed by atoms with Crippen LogP contribution >= 0.6 is 0 Å². The number of benzene rings is 2. The van der Waals surface area contributed by atoms with Crippen LogP contribution in [-0.4, -0.2) is 69.0 Å². The Balaban J connectivity index is 1.32. The minimum Gasteiger partial charge on any atom is -0.488 e. The Morgan fingerprint density at radius 2 is 1.78 bits per heavy atom. The van der Waals surface area contributed by atoms with Crippen LogP contribution in [0.3, 0.4) is 0 Å². The molecular weight excluding hydrogens is 584 g/mol. The molecule has 3 aromatic rings. The fourth-order valence-corrected chi connectivity index (χ4v) is 7.12. The van der Waals surface area contributed by atoms with Crippen LogP contribution in [0.25, 0.3) is 22.2 Å². The number of aromatic nitrogens is 1. The summed E-state index contributed by atoms with van der Waals surface area (Å²) in [5.74, 6) is -2.23. The number of amides is 3. The van der Waals surface area contributed by atoms with E-state index >= 15 is 0 Å². The van der Waals surface area contributed by atoms with Gasteiger partial charge < -0.3 is 25.4 Å². The van der Waals surface area contributed by atoms with Crippen molar-refractivity contribution >= 4 is 34.6 Å². The molecule has 46 heavy (non-hydrogen) atoms. The molecule has 3 amide bonds. The number of nitrogens with zero attached hydrogens (tertiary/aromatic N) is 2. The van der Waals surface area contributed by atoms with Gasteiger partial charge in [0.2, 0.25) is 17.7 Å². The molecule has 10 nitrogen and oxygen atoms in total. The number of aliphatic carboxylic acids is 1. The maximum absolute atomic E-state index is 14.3. The van der Waals surface area contributed by atoms with Crippen LogP contribution in [0.5, 0.6) is 5.75 Å². The van der Waals surface area contributed by atoms with Crippen molar-refractivity contribution in [1.82, 2.24) is 20.5 Å². The van der Waals surface area contributed by atoms with Gasteiger partial charge in [0.25, 0.3) is 0 Å². The molecule has 3 fully saturated rings. The number of pyridine rings is 1. The highest BCUT2D eigenvalue weighted by atomic mass is 16.5. The second-order valence-corrected chi connectivity index (χ2v) is 12.8. The van der Waals surface area contributed by atoms with Crippen molar-refractivity contribution in [2.24, 2.45) is 11.8 Å². The molecule has 240 valence electrons. The van der Waals surface area contributed by atoms with E-state index in [0.717, 1.165) is 54.3 Å². The van der Waals surface area contributed by atoms with E-state index in [-0.39, 0.29) is 37.1 Å². The first kappa shape index (κ1) is 31.3. The molecule has 2 saturated carbocycles. The number of carbonyl (C=O) groups excluding carboxylic acids is 3. The molecular formula is C36H40N4O6. The number of rotatable bonds is 10. The fourth-order valence-electron chi connectivity index (χ4n) is 7.12. The van der Waals surface area contributed by atoms with E-state index < -0.39 is 41.5 Å². The lowest BCUT2D eigenvalue weighted by Gasteiger charge is -2.34. The van der Waals surface area contributed by atoms with Crippen LogP contribution in [0.4, 0.5) is 0 Å². The summed E-state index contributed by atoms with van der Waals surface area (Å²) in [5.41, 5.74) is 0.947. The Kier molecular flexibility index (Phi) is 8.80. The van der Waals surface area contributed by atoms with Crippen LogP contribution in [0.2, 0.25) is 0 Å². The maximum atomic E-state index is 14.3. The zero-order valence-electron chi connectivity index (χ0n) is 26.0. The fraction of sp³-hybridized carbons (Fsp3) is 0.417. The van der Waals surface area contributed by atoms with Crippen molar-refractivity contribution in [2.75, 3.05) is 6.54 Å². The van der Waals surface area contributed by atoms with Gasteiger partial charge in [-0.3, -0.25) is 14.4 Å². The zero-order chi connectivity index (χ0) is 32.4. The number of ether oxygens (including phenoxy) is 1. The second-order valence-electron chi connectivity index (χ2n) is 12.8. The molecule has 2 aliphatic carbocycles. The summed E-state index contributed by atoms with van der Waals surface area (Å²) >= 11 is 0. The maximum Gasteiger partial charge on any atom is 0.330 e. The average molecular weight is 625 g/mol. The van der Waals surface area contributed by atoms with E-state index in [0.29, 0.717) is 5.75 Å². The van der Waals surface area contributed by atoms with Gasteiger partial charge in [0.1, 0.15) is 29.5 Å². The van der Waals surface area contributed by atoms with Crippen molar-refractivity contribution < 1.29 is 29.0 Å². The van der Waals surface area contributed by atoms with Gasteiger partial charge in [-0.25, -0.2) is 9.78 Å². The predicted octanol–water partition coefficient (Wildman–Crippen LogP) is 4.48. The molecule has 0 spiro atoms. The monoisotopic (exact) mass is 624 g/mol. The van der Waals surface area contributed by atoms with Crippen molar-refractivity contribution in [3.05, 3.63) is 73.3 Å². The van der Waals surface area contributed by atoms with E-state index in [1.54, 1.807) is 0 Å². The van der Waals surface area contributed by atoms with Gasteiger partial charge in [-0.15, -0.1) is 6.58 Å². The number of fused-ring (bicyclic) bond motifs is 1. The first-order chi connectivity index (χ1) is 22.2. The lowest BCUT2D eigenvalue weighted by atomic mass is 9.83. The molecule has 1 unspecified atom stereocenters. The number of likely N-dealkylation sites (tertiary alicyclic amines) is 1. The molecule has 3 N–H and O–H groups in total. The molecule has 1 aromatic heterocycles. The molecule has 1 aliphatic heterocycles. The van der Waals surface area contributed by atoms with Gasteiger partial charge in [-0.1, -0.05) is 67.8 Å². The predicted molar refractivity (Wildman–Crippen MR) is 173 cm³/mol. The van der Waals surface area contributed by atoms with Gasteiger partial charge >= 0.3 is 5.97 Å². The van der Waals surface area contributed by atoms with Crippen LogP contribution in [0.1, 0.15) is 51.9 Å². The van der Waals surface area contributed by atoms with Crippen LogP contribution in [0.15, 0.2) is 73.3 Å². The minimum atomic E-state index is -1.45. The van der Waals surface area contributed by atoms with E-state index in [9.17, 15) is 24.3 Å². The lowest BCUT2D eigenvalue weighted by molar-refractivity contribution is -0.146. The third-order valence-electron chi connectivity index (χ3n) is 9.66. The molecule has 10 heteroatoms. The normalized spacial score (nSPS) is 25.0. The van der Waals surface area contributed by atoms with E-state index in [2.05, 4.69) is 17.2 Å². The summed E-state index contributed by atoms with van der Waals surface area (Å²) in [6.45, 7) is 5.21. The largest absolute Gasteiger partial charge is 0.488 e. The van der Waals surface area contributed by atoms with Gasteiger partial charge in [-0.05, 0) is 37.3 Å². The first-order valence-electron chi connectivity index (χ1n) is 16.1. The SMILES string of the molecule is C=C[C@H]1CC1(NC(=O)[C@@H]1C[C@@H](Oc2cc(-c3ccccc3)nc3ccccc23)CN1C(=O)[C@@H](NC(C)=O)C1CCCCC1)C(=O)O. The van der Waals surface area contributed by atoms with E-state index in [1.165, 1.54) is 17.9 Å². The molecule has 2 aromatic carbocycles. The molecule has 0 radical (unpaired) electrons. The van der Waals surface area contributed by atoms with Crippen LogP contribution in [-0.2, 0) is 19.2 Å². The van der Waals surface area contributed by atoms with Gasteiger partial charge in [0.15, 0.2) is 0 Å². The summed E-state index contributed by atoms with van der Waals surface area (Å²) in [4.78, 5) is 59.0. The number of carboxylic acid groups (broad SMARTS) is 1. The third-order valence-corrected chi connectivity index (χ3v) is 9.66.